The third-order valence-corrected chi connectivity index (χ3v) is 8.44. The van der Waals surface area contributed by atoms with Gasteiger partial charge in [0.15, 0.2) is 0 Å². The van der Waals surface area contributed by atoms with Crippen LogP contribution in [0.5, 0.6) is 5.75 Å². The molecule has 3 heterocycles. The lowest BCUT2D eigenvalue weighted by Gasteiger charge is -2.57. The smallest absolute Gasteiger partial charge is 0.227 e. The lowest BCUT2D eigenvalue weighted by Crippen LogP contribution is -2.65. The highest BCUT2D eigenvalue weighted by Gasteiger charge is 2.50. The second-order valence-corrected chi connectivity index (χ2v) is 10.5. The van der Waals surface area contributed by atoms with Crippen molar-refractivity contribution in [3.05, 3.63) is 29.8 Å². The van der Waals surface area contributed by atoms with E-state index in [9.17, 15) is 14.7 Å². The van der Waals surface area contributed by atoms with Gasteiger partial charge in [-0.25, -0.2) is 0 Å². The maximum atomic E-state index is 13.2. The molecule has 4 fully saturated rings. The van der Waals surface area contributed by atoms with Crippen molar-refractivity contribution in [2.75, 3.05) is 13.1 Å². The van der Waals surface area contributed by atoms with Crippen LogP contribution in [0.1, 0.15) is 69.8 Å². The predicted octanol–water partition coefficient (Wildman–Crippen LogP) is 4.13. The monoisotopic (exact) mass is 424 g/mol. The van der Waals surface area contributed by atoms with Crippen LogP contribution >= 0.6 is 0 Å². The van der Waals surface area contributed by atoms with Crippen molar-refractivity contribution in [1.29, 1.82) is 0 Å². The van der Waals surface area contributed by atoms with E-state index >= 15 is 0 Å². The summed E-state index contributed by atoms with van der Waals surface area (Å²) in [6, 6.07) is 7.63. The van der Waals surface area contributed by atoms with Gasteiger partial charge in [-0.15, -0.1) is 0 Å². The standard InChI is InChI=1S/C26H36N2O3/c29-22-11-9-19(10-12-22)14-26(31)27-16-20-15-21(17-27)24(13-18-5-2-1-3-6-18)28-23(20)7-4-8-25(28)30/h9-12,18,20-21,23-24,29H,1-8,13-17H2/t20-,21+,23+,24+/m1/s1. The summed E-state index contributed by atoms with van der Waals surface area (Å²) < 4.78 is 0. The van der Waals surface area contributed by atoms with E-state index in [-0.39, 0.29) is 11.7 Å². The second kappa shape index (κ2) is 8.84. The van der Waals surface area contributed by atoms with Gasteiger partial charge >= 0.3 is 0 Å². The Bertz CT molecular complexity index is 801. The molecule has 168 valence electrons. The van der Waals surface area contributed by atoms with Crippen LogP contribution in [0, 0.1) is 17.8 Å². The SMILES string of the molecule is O=C(Cc1ccc(O)cc1)N1C[C@H]2C[C@@H](C1)[C@H](CC1CCCCC1)N1C(=O)CCC[C@@H]21. The van der Waals surface area contributed by atoms with E-state index in [0.717, 1.165) is 43.8 Å². The van der Waals surface area contributed by atoms with Gasteiger partial charge in [-0.1, -0.05) is 44.2 Å². The van der Waals surface area contributed by atoms with Gasteiger partial charge in [0.2, 0.25) is 11.8 Å². The number of amides is 2. The lowest BCUT2D eigenvalue weighted by atomic mass is 9.69. The zero-order chi connectivity index (χ0) is 21.4. The van der Waals surface area contributed by atoms with Crippen LogP contribution in [0.2, 0.25) is 0 Å². The molecule has 5 nitrogen and oxygen atoms in total. The Kier molecular flexibility index (Phi) is 5.94. The summed E-state index contributed by atoms with van der Waals surface area (Å²) in [5, 5.41) is 9.52. The molecular weight excluding hydrogens is 388 g/mol. The summed E-state index contributed by atoms with van der Waals surface area (Å²) in [4.78, 5) is 30.6. The zero-order valence-electron chi connectivity index (χ0n) is 18.5. The average molecular weight is 425 g/mol. The molecule has 1 N–H and O–H groups in total. The minimum atomic E-state index is 0.187. The second-order valence-electron chi connectivity index (χ2n) is 10.5. The van der Waals surface area contributed by atoms with Crippen molar-refractivity contribution in [3.8, 4) is 5.75 Å². The summed E-state index contributed by atoms with van der Waals surface area (Å²) in [6.07, 6.45) is 12.2. The first-order valence-electron chi connectivity index (χ1n) is 12.5. The van der Waals surface area contributed by atoms with Crippen molar-refractivity contribution in [2.45, 2.75) is 82.7 Å². The third-order valence-electron chi connectivity index (χ3n) is 8.44. The molecular formula is C26H36N2O3. The largest absolute Gasteiger partial charge is 0.508 e. The number of fused-ring (bicyclic) bond motifs is 4. The van der Waals surface area contributed by atoms with Gasteiger partial charge in [0.05, 0.1) is 6.42 Å². The van der Waals surface area contributed by atoms with E-state index in [4.69, 9.17) is 0 Å². The molecule has 5 rings (SSSR count). The average Bonchev–Trinajstić information content (AvgIpc) is 2.79. The number of aromatic hydroxyl groups is 1. The number of nitrogens with zero attached hydrogens (tertiary/aromatic N) is 2. The molecule has 0 unspecified atom stereocenters. The maximum absolute atomic E-state index is 13.2. The molecule has 2 bridgehead atoms. The minimum absolute atomic E-state index is 0.187. The molecule has 3 aliphatic heterocycles. The number of piperidine rings is 3. The molecule has 0 spiro atoms. The molecule has 4 aliphatic rings. The van der Waals surface area contributed by atoms with Crippen LogP contribution in [0.4, 0.5) is 0 Å². The van der Waals surface area contributed by atoms with Crippen LogP contribution in [0.3, 0.4) is 0 Å². The van der Waals surface area contributed by atoms with Crippen LogP contribution in [-0.4, -0.2) is 51.9 Å². The number of carbonyl (C=O) groups is 2. The van der Waals surface area contributed by atoms with Crippen molar-refractivity contribution < 1.29 is 14.7 Å². The molecule has 0 aromatic heterocycles. The Morgan fingerprint density at radius 1 is 0.968 bits per heavy atom. The Labute approximate surface area is 185 Å². The number of likely N-dealkylation sites (tertiary alicyclic amines) is 1. The predicted molar refractivity (Wildman–Crippen MR) is 119 cm³/mol. The van der Waals surface area contributed by atoms with Crippen molar-refractivity contribution >= 4 is 11.8 Å². The summed E-state index contributed by atoms with van der Waals surface area (Å²) in [7, 11) is 0. The van der Waals surface area contributed by atoms with E-state index in [2.05, 4.69) is 9.80 Å². The summed E-state index contributed by atoms with van der Waals surface area (Å²) in [5.41, 5.74) is 0.951. The molecule has 1 aliphatic carbocycles. The number of phenols is 1. The lowest BCUT2D eigenvalue weighted by molar-refractivity contribution is -0.157. The highest BCUT2D eigenvalue weighted by molar-refractivity contribution is 5.80. The highest BCUT2D eigenvalue weighted by Crippen LogP contribution is 2.44. The number of rotatable bonds is 4. The fourth-order valence-corrected chi connectivity index (χ4v) is 6.95. The van der Waals surface area contributed by atoms with E-state index < -0.39 is 0 Å². The van der Waals surface area contributed by atoms with Crippen LogP contribution in [0.25, 0.3) is 0 Å². The van der Waals surface area contributed by atoms with Gasteiger partial charge in [0.1, 0.15) is 5.75 Å². The molecule has 1 aromatic carbocycles. The topological polar surface area (TPSA) is 60.9 Å². The summed E-state index contributed by atoms with van der Waals surface area (Å²) in [6.45, 7) is 1.58. The first-order chi connectivity index (χ1) is 15.1. The molecule has 4 atom stereocenters. The van der Waals surface area contributed by atoms with Gasteiger partial charge < -0.3 is 14.9 Å². The third kappa shape index (κ3) is 4.33. The minimum Gasteiger partial charge on any atom is -0.508 e. The fraction of sp³-hybridized carbons (Fsp3) is 0.692. The van der Waals surface area contributed by atoms with E-state index in [1.54, 1.807) is 12.1 Å². The number of carbonyl (C=O) groups excluding carboxylic acids is 2. The number of hydrogen-bond acceptors (Lipinski definition) is 3. The highest BCUT2D eigenvalue weighted by atomic mass is 16.3. The molecule has 1 aromatic rings. The van der Waals surface area contributed by atoms with Crippen LogP contribution in [0.15, 0.2) is 24.3 Å². The van der Waals surface area contributed by atoms with Crippen molar-refractivity contribution in [3.63, 3.8) is 0 Å². The zero-order valence-corrected chi connectivity index (χ0v) is 18.5. The van der Waals surface area contributed by atoms with E-state index in [1.807, 2.05) is 12.1 Å². The molecule has 0 radical (unpaired) electrons. The quantitative estimate of drug-likeness (QED) is 0.790. The number of benzene rings is 1. The first kappa shape index (κ1) is 20.8. The summed E-state index contributed by atoms with van der Waals surface area (Å²) >= 11 is 0. The van der Waals surface area contributed by atoms with Gasteiger partial charge in [-0.2, -0.15) is 0 Å². The Hall–Kier alpha value is -2.04. The first-order valence-corrected chi connectivity index (χ1v) is 12.5. The number of phenolic OH excluding ortho intramolecular Hbond substituents is 1. The van der Waals surface area contributed by atoms with E-state index in [0.29, 0.717) is 42.7 Å². The fourth-order valence-electron chi connectivity index (χ4n) is 6.95. The Morgan fingerprint density at radius 3 is 2.48 bits per heavy atom. The van der Waals surface area contributed by atoms with Gasteiger partial charge in [0.25, 0.3) is 0 Å². The van der Waals surface area contributed by atoms with Crippen LogP contribution < -0.4 is 0 Å². The molecule has 1 saturated carbocycles. The molecule has 5 heteroatoms. The molecule has 2 amide bonds. The molecule has 3 saturated heterocycles. The summed E-state index contributed by atoms with van der Waals surface area (Å²) in [5.74, 6) is 2.38. The van der Waals surface area contributed by atoms with Gasteiger partial charge in [-0.05, 0) is 61.1 Å². The Morgan fingerprint density at radius 2 is 1.71 bits per heavy atom. The van der Waals surface area contributed by atoms with Crippen molar-refractivity contribution in [1.82, 2.24) is 9.80 Å². The van der Waals surface area contributed by atoms with Crippen LogP contribution in [-0.2, 0) is 16.0 Å². The number of hydrogen-bond donors (Lipinski definition) is 1. The maximum Gasteiger partial charge on any atom is 0.227 e. The van der Waals surface area contributed by atoms with Gasteiger partial charge in [-0.3, -0.25) is 9.59 Å². The normalized spacial score (nSPS) is 31.4. The van der Waals surface area contributed by atoms with Crippen molar-refractivity contribution in [2.24, 2.45) is 17.8 Å². The Balaban J connectivity index is 1.33. The molecule has 31 heavy (non-hydrogen) atoms. The van der Waals surface area contributed by atoms with Gasteiger partial charge in [0, 0.05) is 31.6 Å². The van der Waals surface area contributed by atoms with E-state index in [1.165, 1.54) is 38.5 Å².